The summed E-state index contributed by atoms with van der Waals surface area (Å²) in [6, 6.07) is 6.60. The van der Waals surface area contributed by atoms with Gasteiger partial charge in [-0.25, -0.2) is 4.39 Å². The molecule has 1 saturated heterocycles. The Labute approximate surface area is 112 Å². The Morgan fingerprint density at radius 3 is 2.72 bits per heavy atom. The smallest absolute Gasteiger partial charge is 0.307 e. The Balaban J connectivity index is 0.00000162. The first-order chi connectivity index (χ1) is 8.09. The summed E-state index contributed by atoms with van der Waals surface area (Å²) in [5, 5.41) is 8.94. The molecule has 2 unspecified atom stereocenters. The predicted octanol–water partition coefficient (Wildman–Crippen LogP) is 2.72. The molecule has 0 amide bonds. The second-order valence-corrected chi connectivity index (χ2v) is 4.52. The first-order valence-corrected chi connectivity index (χ1v) is 5.81. The van der Waals surface area contributed by atoms with Crippen LogP contribution in [0, 0.1) is 11.7 Å². The van der Waals surface area contributed by atoms with Crippen molar-refractivity contribution < 1.29 is 14.3 Å². The van der Waals surface area contributed by atoms with Gasteiger partial charge in [-0.15, -0.1) is 12.4 Å². The molecular weight excluding hydrogens is 257 g/mol. The van der Waals surface area contributed by atoms with Crippen LogP contribution in [0.25, 0.3) is 0 Å². The number of carbonyl (C=O) groups is 1. The van der Waals surface area contributed by atoms with Gasteiger partial charge in [-0.3, -0.25) is 9.69 Å². The van der Waals surface area contributed by atoms with E-state index in [9.17, 15) is 9.18 Å². The van der Waals surface area contributed by atoms with Crippen molar-refractivity contribution in [2.45, 2.75) is 19.4 Å². The highest BCUT2D eigenvalue weighted by Crippen LogP contribution is 2.28. The predicted molar refractivity (Wildman–Crippen MR) is 69.4 cm³/mol. The van der Waals surface area contributed by atoms with E-state index in [1.54, 1.807) is 18.2 Å². The fourth-order valence-electron chi connectivity index (χ4n) is 2.35. The number of hydrogen-bond donors (Lipinski definition) is 1. The van der Waals surface area contributed by atoms with Crippen LogP contribution in [0.5, 0.6) is 0 Å². The summed E-state index contributed by atoms with van der Waals surface area (Å²) in [6.45, 7) is 3.14. The molecule has 0 saturated carbocycles. The lowest BCUT2D eigenvalue weighted by Gasteiger charge is -2.24. The lowest BCUT2D eigenvalue weighted by atomic mass is 10.1. The Morgan fingerprint density at radius 1 is 1.50 bits per heavy atom. The van der Waals surface area contributed by atoms with Crippen LogP contribution in [0.4, 0.5) is 4.39 Å². The summed E-state index contributed by atoms with van der Waals surface area (Å²) >= 11 is 0. The van der Waals surface area contributed by atoms with E-state index in [0.29, 0.717) is 25.1 Å². The lowest BCUT2D eigenvalue weighted by Crippen LogP contribution is -2.26. The molecule has 1 fully saturated rings. The number of benzene rings is 1. The molecule has 1 aromatic carbocycles. The van der Waals surface area contributed by atoms with Crippen LogP contribution in [0.15, 0.2) is 24.3 Å². The minimum absolute atomic E-state index is 0. The zero-order valence-corrected chi connectivity index (χ0v) is 11.0. The van der Waals surface area contributed by atoms with Gasteiger partial charge in [0, 0.05) is 18.2 Å². The Kier molecular flexibility index (Phi) is 5.11. The zero-order chi connectivity index (χ0) is 12.4. The van der Waals surface area contributed by atoms with Crippen molar-refractivity contribution >= 4 is 18.4 Å². The van der Waals surface area contributed by atoms with Gasteiger partial charge in [-0.2, -0.15) is 0 Å². The van der Waals surface area contributed by atoms with Crippen molar-refractivity contribution in [3.05, 3.63) is 35.6 Å². The van der Waals surface area contributed by atoms with E-state index in [1.165, 1.54) is 6.07 Å². The average Bonchev–Trinajstić information content (AvgIpc) is 2.78. The second-order valence-electron chi connectivity index (χ2n) is 4.52. The van der Waals surface area contributed by atoms with Gasteiger partial charge in [-0.05, 0) is 26.0 Å². The van der Waals surface area contributed by atoms with Crippen LogP contribution in [0.1, 0.15) is 24.9 Å². The molecule has 0 aromatic heterocycles. The van der Waals surface area contributed by atoms with Gasteiger partial charge in [0.15, 0.2) is 0 Å². The highest BCUT2D eigenvalue weighted by molar-refractivity contribution is 5.85. The summed E-state index contributed by atoms with van der Waals surface area (Å²) in [5.41, 5.74) is 0.638. The molecule has 2 rings (SSSR count). The van der Waals surface area contributed by atoms with E-state index in [1.807, 2.05) is 11.8 Å². The van der Waals surface area contributed by atoms with Gasteiger partial charge in [0.05, 0.1) is 5.92 Å². The Bertz CT molecular complexity index is 427. The van der Waals surface area contributed by atoms with Crippen LogP contribution in [-0.4, -0.2) is 29.1 Å². The van der Waals surface area contributed by atoms with Crippen LogP contribution in [-0.2, 0) is 4.79 Å². The molecule has 100 valence electrons. The van der Waals surface area contributed by atoms with Gasteiger partial charge in [0.2, 0.25) is 0 Å². The maximum Gasteiger partial charge on any atom is 0.307 e. The van der Waals surface area contributed by atoms with Gasteiger partial charge in [0.25, 0.3) is 0 Å². The van der Waals surface area contributed by atoms with Crippen molar-refractivity contribution in [2.75, 3.05) is 13.1 Å². The van der Waals surface area contributed by atoms with Crippen molar-refractivity contribution in [1.82, 2.24) is 4.90 Å². The summed E-state index contributed by atoms with van der Waals surface area (Å²) in [4.78, 5) is 12.9. The van der Waals surface area contributed by atoms with Crippen molar-refractivity contribution in [1.29, 1.82) is 0 Å². The fraction of sp³-hybridized carbons (Fsp3) is 0.462. The summed E-state index contributed by atoms with van der Waals surface area (Å²) in [7, 11) is 0. The molecule has 1 aliphatic heterocycles. The lowest BCUT2D eigenvalue weighted by molar-refractivity contribution is -0.141. The third kappa shape index (κ3) is 3.00. The largest absolute Gasteiger partial charge is 0.481 e. The van der Waals surface area contributed by atoms with Crippen molar-refractivity contribution in [3.8, 4) is 0 Å². The highest BCUT2D eigenvalue weighted by Gasteiger charge is 2.31. The molecule has 0 bridgehead atoms. The monoisotopic (exact) mass is 273 g/mol. The first-order valence-electron chi connectivity index (χ1n) is 5.81. The molecule has 0 radical (unpaired) electrons. The molecule has 2 atom stereocenters. The van der Waals surface area contributed by atoms with E-state index < -0.39 is 5.97 Å². The first kappa shape index (κ1) is 14.9. The molecule has 0 aliphatic carbocycles. The molecule has 0 spiro atoms. The third-order valence-corrected chi connectivity index (χ3v) is 3.47. The number of nitrogens with zero attached hydrogens (tertiary/aromatic N) is 1. The zero-order valence-electron chi connectivity index (χ0n) is 10.2. The summed E-state index contributed by atoms with van der Waals surface area (Å²) in [6.07, 6.45) is 0.647. The standard InChI is InChI=1S/C13H16FNO2.ClH/c1-9(11-4-2-3-5-12(11)14)15-7-6-10(8-15)13(16)17;/h2-5,9-10H,6-8H2,1H3,(H,16,17);1H. The van der Waals surface area contributed by atoms with Crippen molar-refractivity contribution in [2.24, 2.45) is 5.92 Å². The maximum atomic E-state index is 13.6. The molecule has 1 aliphatic rings. The molecule has 1 aromatic rings. The number of hydrogen-bond acceptors (Lipinski definition) is 2. The minimum Gasteiger partial charge on any atom is -0.481 e. The molecule has 1 N–H and O–H groups in total. The topological polar surface area (TPSA) is 40.5 Å². The van der Waals surface area contributed by atoms with E-state index in [4.69, 9.17) is 5.11 Å². The Hall–Kier alpha value is -1.13. The van der Waals surface area contributed by atoms with Crippen molar-refractivity contribution in [3.63, 3.8) is 0 Å². The Morgan fingerprint density at radius 2 is 2.17 bits per heavy atom. The number of likely N-dealkylation sites (tertiary alicyclic amines) is 1. The van der Waals surface area contributed by atoms with Gasteiger partial charge >= 0.3 is 5.97 Å². The van der Waals surface area contributed by atoms with E-state index in [0.717, 1.165) is 0 Å². The number of rotatable bonds is 3. The quantitative estimate of drug-likeness (QED) is 0.921. The third-order valence-electron chi connectivity index (χ3n) is 3.47. The highest BCUT2D eigenvalue weighted by atomic mass is 35.5. The van der Waals surface area contributed by atoms with E-state index in [-0.39, 0.29) is 30.2 Å². The maximum absolute atomic E-state index is 13.6. The average molecular weight is 274 g/mol. The van der Waals surface area contributed by atoms with Crippen LogP contribution < -0.4 is 0 Å². The van der Waals surface area contributed by atoms with Crippen LogP contribution in [0.2, 0.25) is 0 Å². The molecular formula is C13H17ClFNO2. The fourth-order valence-corrected chi connectivity index (χ4v) is 2.35. The van der Waals surface area contributed by atoms with Gasteiger partial charge in [0.1, 0.15) is 5.82 Å². The van der Waals surface area contributed by atoms with E-state index >= 15 is 0 Å². The van der Waals surface area contributed by atoms with Gasteiger partial charge in [-0.1, -0.05) is 18.2 Å². The number of halogens is 2. The second kappa shape index (κ2) is 6.16. The SMILES string of the molecule is CC(c1ccccc1F)N1CCC(C(=O)O)C1.Cl. The van der Waals surface area contributed by atoms with Crippen LogP contribution in [0.3, 0.4) is 0 Å². The number of carboxylic acids is 1. The molecule has 5 heteroatoms. The van der Waals surface area contributed by atoms with Gasteiger partial charge < -0.3 is 5.11 Å². The summed E-state index contributed by atoms with van der Waals surface area (Å²) in [5.74, 6) is -1.30. The van der Waals surface area contributed by atoms with E-state index in [2.05, 4.69) is 0 Å². The molecule has 3 nitrogen and oxygen atoms in total. The minimum atomic E-state index is -0.756. The summed E-state index contributed by atoms with van der Waals surface area (Å²) < 4.78 is 13.6. The molecule has 1 heterocycles. The molecule has 18 heavy (non-hydrogen) atoms. The number of carboxylic acid groups (broad SMARTS) is 1. The van der Waals surface area contributed by atoms with Crippen LogP contribution >= 0.6 is 12.4 Å². The number of aliphatic carboxylic acids is 1. The normalized spacial score (nSPS) is 21.3.